The average Bonchev–Trinajstić information content (AvgIpc) is 2.57. The number of para-hydroxylation sites is 1. The molecule has 0 radical (unpaired) electrons. The van der Waals surface area contributed by atoms with Gasteiger partial charge < -0.3 is 9.84 Å². The summed E-state index contributed by atoms with van der Waals surface area (Å²) >= 11 is 0. The zero-order valence-corrected chi connectivity index (χ0v) is 18.1. The van der Waals surface area contributed by atoms with Crippen LogP contribution in [0.3, 0.4) is 0 Å². The summed E-state index contributed by atoms with van der Waals surface area (Å²) in [5.74, 6) is 0.0356. The number of unbranched alkanes of at least 4 members (excludes halogenated alkanes) is 4. The van der Waals surface area contributed by atoms with Gasteiger partial charge in [-0.05, 0) is 42.7 Å². The quantitative estimate of drug-likeness (QED) is 0.399. The van der Waals surface area contributed by atoms with Crippen LogP contribution in [0.25, 0.3) is 0 Å². The van der Waals surface area contributed by atoms with Crippen molar-refractivity contribution in [3.05, 3.63) is 48.0 Å². The van der Waals surface area contributed by atoms with Gasteiger partial charge in [0.25, 0.3) is 10.1 Å². The molecule has 26 heavy (non-hydrogen) atoms. The topological polar surface area (TPSA) is 86.7 Å². The normalized spacial score (nSPS) is 11.0. The molecule has 136 valence electrons. The summed E-state index contributed by atoms with van der Waals surface area (Å²) in [5, 5.41) is 12.0. The van der Waals surface area contributed by atoms with Gasteiger partial charge in [0.15, 0.2) is 0 Å². The van der Waals surface area contributed by atoms with Gasteiger partial charge in [-0.2, -0.15) is 8.42 Å². The van der Waals surface area contributed by atoms with Crippen molar-refractivity contribution in [3.8, 4) is 17.2 Å². The monoisotopic (exact) mass is 386 g/mol. The first kappa shape index (κ1) is 23.0. The standard InChI is InChI=1S/C19H24O5S.Na/c1-2-3-4-5-6-9-15-10-7-8-11-18(15)24-19-13-12-16(14-17(19)20)25(21,22)23;/h7-8,10-14,20H,2-6,9H2,1H3,(H,21,22,23);/q;+1/p-1. The molecule has 7 heteroatoms. The molecule has 0 bridgehead atoms. The van der Waals surface area contributed by atoms with Gasteiger partial charge in [-0.3, -0.25) is 4.55 Å². The van der Waals surface area contributed by atoms with Gasteiger partial charge in [0.05, 0.1) is 4.90 Å². The van der Waals surface area contributed by atoms with Gasteiger partial charge in [0, 0.05) is 0 Å². The van der Waals surface area contributed by atoms with E-state index in [4.69, 9.17) is 9.29 Å². The summed E-state index contributed by atoms with van der Waals surface area (Å²) in [4.78, 5) is -0.436. The third-order valence-corrected chi connectivity index (χ3v) is 4.80. The summed E-state index contributed by atoms with van der Waals surface area (Å²) in [6, 6.07) is 10.8. The predicted octanol–water partition coefficient (Wildman–Crippen LogP) is 1.32. The van der Waals surface area contributed by atoms with E-state index < -0.39 is 20.8 Å². The second-order valence-corrected chi connectivity index (χ2v) is 7.38. The maximum absolute atomic E-state index is 12.0. The van der Waals surface area contributed by atoms with E-state index in [1.165, 1.54) is 25.3 Å². The molecule has 0 aliphatic rings. The first-order chi connectivity index (χ1) is 11.9. The Morgan fingerprint density at radius 2 is 1.69 bits per heavy atom. The van der Waals surface area contributed by atoms with E-state index in [9.17, 15) is 13.5 Å². The number of aryl methyl sites for hydroxylation is 1. The van der Waals surface area contributed by atoms with Crippen LogP contribution in [0.1, 0.15) is 44.6 Å². The Morgan fingerprint density at radius 1 is 1.00 bits per heavy atom. The number of benzene rings is 2. The Kier molecular flexibility index (Phi) is 9.68. The van der Waals surface area contributed by atoms with E-state index in [-0.39, 0.29) is 35.3 Å². The third kappa shape index (κ3) is 6.93. The van der Waals surface area contributed by atoms with Crippen LogP contribution in [0.5, 0.6) is 17.2 Å². The van der Waals surface area contributed by atoms with Crippen LogP contribution in [0.4, 0.5) is 0 Å². The Labute approximate surface area is 177 Å². The van der Waals surface area contributed by atoms with E-state index in [2.05, 4.69) is 6.92 Å². The van der Waals surface area contributed by atoms with Crippen molar-refractivity contribution in [3.63, 3.8) is 0 Å². The molecule has 0 fully saturated rings. The Bertz CT molecular complexity index is 805. The summed E-state index contributed by atoms with van der Waals surface area (Å²) in [5.41, 5.74) is 1.01. The molecule has 2 rings (SSSR count). The van der Waals surface area contributed by atoms with Crippen molar-refractivity contribution in [1.29, 1.82) is 0 Å². The van der Waals surface area contributed by atoms with Gasteiger partial charge in [-0.1, -0.05) is 56.6 Å². The first-order valence-corrected chi connectivity index (χ1v) is 9.90. The fourth-order valence-electron chi connectivity index (χ4n) is 2.58. The summed E-state index contributed by atoms with van der Waals surface area (Å²) in [7, 11) is -4.40. The largest absolute Gasteiger partial charge is 1.00 e. The first-order valence-electron chi connectivity index (χ1n) is 8.46. The Balaban J connectivity index is 0.00000338. The van der Waals surface area contributed by atoms with Gasteiger partial charge in [0.1, 0.15) is 11.5 Å². The molecule has 0 aromatic heterocycles. The van der Waals surface area contributed by atoms with E-state index in [0.717, 1.165) is 37.0 Å². The fourth-order valence-corrected chi connectivity index (χ4v) is 3.08. The molecule has 0 aliphatic heterocycles. The van der Waals surface area contributed by atoms with Crippen LogP contribution in [0.15, 0.2) is 47.4 Å². The molecule has 1 N–H and O–H groups in total. The minimum Gasteiger partial charge on any atom is -0.870 e. The van der Waals surface area contributed by atoms with Crippen molar-refractivity contribution >= 4 is 10.1 Å². The molecule has 0 aliphatic carbocycles. The zero-order chi connectivity index (χ0) is 18.3. The predicted molar refractivity (Wildman–Crippen MR) is 94.7 cm³/mol. The van der Waals surface area contributed by atoms with Gasteiger partial charge >= 0.3 is 29.6 Å². The number of hydrogen-bond acceptors (Lipinski definition) is 4. The molecule has 0 saturated heterocycles. The van der Waals surface area contributed by atoms with E-state index in [0.29, 0.717) is 5.75 Å². The molecular formula is C19H23NaO5S. The van der Waals surface area contributed by atoms with Crippen LogP contribution in [0, 0.1) is 0 Å². The molecular weight excluding hydrogens is 363 g/mol. The number of hydrogen-bond donors (Lipinski definition) is 1. The van der Waals surface area contributed by atoms with Crippen molar-refractivity contribution < 1.29 is 52.4 Å². The van der Waals surface area contributed by atoms with Crippen molar-refractivity contribution in [2.45, 2.75) is 50.3 Å². The Hall–Kier alpha value is -1.05. The molecule has 0 atom stereocenters. The van der Waals surface area contributed by atoms with Crippen LogP contribution in [-0.4, -0.2) is 13.0 Å². The smallest absolute Gasteiger partial charge is 0.870 e. The minimum atomic E-state index is -4.40. The van der Waals surface area contributed by atoms with E-state index in [1.807, 2.05) is 18.2 Å². The molecule has 2 aromatic rings. The van der Waals surface area contributed by atoms with Gasteiger partial charge in [-0.15, -0.1) is 0 Å². The maximum Gasteiger partial charge on any atom is 1.00 e. The van der Waals surface area contributed by atoms with Crippen molar-refractivity contribution in [2.75, 3.05) is 0 Å². The average molecular weight is 386 g/mol. The number of ether oxygens (including phenoxy) is 1. The third-order valence-electron chi connectivity index (χ3n) is 3.96. The van der Waals surface area contributed by atoms with Crippen molar-refractivity contribution in [2.24, 2.45) is 0 Å². The summed E-state index contributed by atoms with van der Waals surface area (Å²) in [6.07, 6.45) is 6.70. The molecule has 0 spiro atoms. The molecule has 5 nitrogen and oxygen atoms in total. The van der Waals surface area contributed by atoms with E-state index in [1.54, 1.807) is 6.07 Å². The second-order valence-electron chi connectivity index (χ2n) is 5.96. The molecule has 0 saturated carbocycles. The maximum atomic E-state index is 12.0. The van der Waals surface area contributed by atoms with Crippen LogP contribution in [0.2, 0.25) is 0 Å². The SMILES string of the molecule is CCCCCCCc1ccccc1Oc1ccc(S(=O)(=O)O)cc1[O-].[Na+]. The number of rotatable bonds is 9. The molecule has 0 unspecified atom stereocenters. The van der Waals surface area contributed by atoms with Gasteiger partial charge in [-0.25, -0.2) is 0 Å². The summed E-state index contributed by atoms with van der Waals surface area (Å²) < 4.78 is 36.8. The molecule has 0 heterocycles. The van der Waals surface area contributed by atoms with E-state index >= 15 is 0 Å². The zero-order valence-electron chi connectivity index (χ0n) is 15.3. The van der Waals surface area contributed by atoms with Gasteiger partial charge in [0.2, 0.25) is 0 Å². The van der Waals surface area contributed by atoms with Crippen molar-refractivity contribution in [1.82, 2.24) is 0 Å². The fraction of sp³-hybridized carbons (Fsp3) is 0.368. The molecule has 0 amide bonds. The van der Waals surface area contributed by atoms with Crippen LogP contribution in [-0.2, 0) is 16.5 Å². The Morgan fingerprint density at radius 3 is 2.35 bits per heavy atom. The second kappa shape index (κ2) is 10.9. The molecule has 2 aromatic carbocycles. The van der Waals surface area contributed by atoms with Crippen LogP contribution < -0.4 is 39.4 Å². The summed E-state index contributed by atoms with van der Waals surface area (Å²) in [6.45, 7) is 2.18. The minimum absolute atomic E-state index is 0. The van der Waals surface area contributed by atoms with Crippen LogP contribution >= 0.6 is 0 Å².